The number of sulfonamides is 1. The smallest absolute Gasteiger partial charge is 0.337 e. The fourth-order valence-electron chi connectivity index (χ4n) is 1.54. The monoisotopic (exact) mass is 304 g/mol. The first-order valence-corrected chi connectivity index (χ1v) is 8.31. The third kappa shape index (κ3) is 4.12. The Bertz CT molecular complexity index is 572. The van der Waals surface area contributed by atoms with Gasteiger partial charge in [0.05, 0.1) is 16.1 Å². The minimum atomic E-state index is -3.90. The highest BCUT2D eigenvalue weighted by molar-refractivity contribution is 7.98. The zero-order valence-corrected chi connectivity index (χ0v) is 12.3. The van der Waals surface area contributed by atoms with E-state index in [4.69, 9.17) is 10.2 Å². The standard InChI is InChI=1S/C11H16N2O4S2/c1-13(5-6-18-2)10-4-3-8(19(12,16)17)7-9(10)11(14)15/h3-4,7H,5-6H2,1-2H3,(H,14,15)(H2,12,16,17). The number of aromatic carboxylic acids is 1. The van der Waals surface area contributed by atoms with E-state index in [2.05, 4.69) is 0 Å². The second kappa shape index (κ2) is 6.27. The van der Waals surface area contributed by atoms with Gasteiger partial charge in [-0.25, -0.2) is 18.4 Å². The number of carboxylic acids is 1. The zero-order valence-electron chi connectivity index (χ0n) is 10.7. The lowest BCUT2D eigenvalue weighted by Gasteiger charge is -2.21. The van der Waals surface area contributed by atoms with Gasteiger partial charge in [-0.3, -0.25) is 0 Å². The summed E-state index contributed by atoms with van der Waals surface area (Å²) in [7, 11) is -2.15. The molecular weight excluding hydrogens is 288 g/mol. The Labute approximate surface area is 116 Å². The maximum atomic E-state index is 11.2. The van der Waals surface area contributed by atoms with E-state index in [0.717, 1.165) is 11.8 Å². The van der Waals surface area contributed by atoms with Gasteiger partial charge < -0.3 is 10.0 Å². The van der Waals surface area contributed by atoms with Crippen LogP contribution in [0.5, 0.6) is 0 Å². The van der Waals surface area contributed by atoms with Crippen LogP contribution in [0.25, 0.3) is 0 Å². The molecule has 1 rings (SSSR count). The maximum Gasteiger partial charge on any atom is 0.337 e. The van der Waals surface area contributed by atoms with Crippen LogP contribution in [0.15, 0.2) is 23.1 Å². The molecule has 8 heteroatoms. The summed E-state index contributed by atoms with van der Waals surface area (Å²) in [6.07, 6.45) is 1.95. The molecule has 0 saturated heterocycles. The molecule has 6 nitrogen and oxygen atoms in total. The zero-order chi connectivity index (χ0) is 14.6. The number of carbonyl (C=O) groups is 1. The number of hydrogen-bond acceptors (Lipinski definition) is 5. The molecule has 0 fully saturated rings. The van der Waals surface area contributed by atoms with Crippen molar-refractivity contribution in [1.29, 1.82) is 0 Å². The van der Waals surface area contributed by atoms with Crippen LogP contribution in [0.2, 0.25) is 0 Å². The van der Waals surface area contributed by atoms with Crippen molar-refractivity contribution >= 4 is 33.4 Å². The summed E-state index contributed by atoms with van der Waals surface area (Å²) in [6.45, 7) is 0.663. The highest BCUT2D eigenvalue weighted by Crippen LogP contribution is 2.23. The van der Waals surface area contributed by atoms with Crippen molar-refractivity contribution in [1.82, 2.24) is 0 Å². The predicted octanol–water partition coefficient (Wildman–Crippen LogP) is 0.831. The van der Waals surface area contributed by atoms with Gasteiger partial charge in [0, 0.05) is 19.3 Å². The molecule has 0 aromatic heterocycles. The molecule has 1 aromatic rings. The average molecular weight is 304 g/mol. The predicted molar refractivity (Wildman–Crippen MR) is 76.4 cm³/mol. The van der Waals surface area contributed by atoms with Crippen LogP contribution in [0.4, 0.5) is 5.69 Å². The van der Waals surface area contributed by atoms with E-state index in [-0.39, 0.29) is 10.5 Å². The molecule has 0 amide bonds. The van der Waals surface area contributed by atoms with Gasteiger partial charge in [0.2, 0.25) is 10.0 Å². The number of benzene rings is 1. The fraction of sp³-hybridized carbons (Fsp3) is 0.364. The molecular formula is C11H16N2O4S2. The first kappa shape index (κ1) is 15.8. The summed E-state index contributed by atoms with van der Waals surface area (Å²) < 4.78 is 22.5. The summed E-state index contributed by atoms with van der Waals surface area (Å²) in [6, 6.07) is 3.86. The van der Waals surface area contributed by atoms with Gasteiger partial charge in [0.25, 0.3) is 0 Å². The Kier molecular flexibility index (Phi) is 5.21. The second-order valence-corrected chi connectivity index (χ2v) is 6.49. The van der Waals surface area contributed by atoms with Crippen LogP contribution in [0.3, 0.4) is 0 Å². The molecule has 106 valence electrons. The third-order valence-corrected chi connectivity index (χ3v) is 4.07. The molecule has 3 N–H and O–H groups in total. The molecule has 0 aliphatic carbocycles. The minimum absolute atomic E-state index is 0.0740. The lowest BCUT2D eigenvalue weighted by molar-refractivity contribution is 0.0697. The lowest BCUT2D eigenvalue weighted by atomic mass is 10.1. The number of carboxylic acid groups (broad SMARTS) is 1. The Morgan fingerprint density at radius 2 is 2.11 bits per heavy atom. The van der Waals surface area contributed by atoms with Gasteiger partial charge in [-0.15, -0.1) is 0 Å². The number of thioether (sulfide) groups is 1. The fourth-order valence-corrected chi connectivity index (χ4v) is 2.54. The molecule has 0 saturated carbocycles. The van der Waals surface area contributed by atoms with E-state index >= 15 is 0 Å². The Morgan fingerprint density at radius 1 is 1.47 bits per heavy atom. The normalized spacial score (nSPS) is 11.3. The van der Waals surface area contributed by atoms with E-state index in [9.17, 15) is 13.2 Å². The first-order chi connectivity index (χ1) is 8.77. The summed E-state index contributed by atoms with van der Waals surface area (Å²) in [5.41, 5.74) is 0.393. The summed E-state index contributed by atoms with van der Waals surface area (Å²) in [5, 5.41) is 14.2. The molecule has 0 aliphatic rings. The molecule has 0 bridgehead atoms. The Morgan fingerprint density at radius 3 is 2.58 bits per heavy atom. The molecule has 0 heterocycles. The van der Waals surface area contributed by atoms with Crippen molar-refractivity contribution in [2.75, 3.05) is 30.5 Å². The summed E-state index contributed by atoms with van der Waals surface area (Å²) in [5.74, 6) is -0.344. The number of nitrogens with zero attached hydrogens (tertiary/aromatic N) is 1. The minimum Gasteiger partial charge on any atom is -0.478 e. The molecule has 0 unspecified atom stereocenters. The number of hydrogen-bond donors (Lipinski definition) is 2. The number of primary sulfonamides is 1. The van der Waals surface area contributed by atoms with E-state index in [1.165, 1.54) is 12.1 Å². The van der Waals surface area contributed by atoms with Crippen molar-refractivity contribution in [2.45, 2.75) is 4.90 Å². The lowest BCUT2D eigenvalue weighted by Crippen LogP contribution is -2.23. The molecule has 0 radical (unpaired) electrons. The van der Waals surface area contributed by atoms with Gasteiger partial charge in [-0.05, 0) is 24.5 Å². The third-order valence-electron chi connectivity index (χ3n) is 2.57. The van der Waals surface area contributed by atoms with Crippen LogP contribution >= 0.6 is 11.8 Å². The Balaban J connectivity index is 3.23. The van der Waals surface area contributed by atoms with Crippen molar-refractivity contribution in [2.24, 2.45) is 5.14 Å². The SMILES string of the molecule is CSCCN(C)c1ccc(S(N)(=O)=O)cc1C(=O)O. The quantitative estimate of drug-likeness (QED) is 0.807. The highest BCUT2D eigenvalue weighted by atomic mass is 32.2. The molecule has 19 heavy (non-hydrogen) atoms. The van der Waals surface area contributed by atoms with E-state index in [0.29, 0.717) is 12.2 Å². The number of anilines is 1. The van der Waals surface area contributed by atoms with Crippen LogP contribution in [0.1, 0.15) is 10.4 Å². The van der Waals surface area contributed by atoms with Crippen molar-refractivity contribution < 1.29 is 18.3 Å². The average Bonchev–Trinajstić information content (AvgIpc) is 2.34. The van der Waals surface area contributed by atoms with Gasteiger partial charge in [-0.2, -0.15) is 11.8 Å². The molecule has 0 spiro atoms. The second-order valence-electron chi connectivity index (χ2n) is 3.94. The van der Waals surface area contributed by atoms with E-state index in [1.807, 2.05) is 6.26 Å². The maximum absolute atomic E-state index is 11.2. The summed E-state index contributed by atoms with van der Waals surface area (Å²) in [4.78, 5) is 12.8. The van der Waals surface area contributed by atoms with Gasteiger partial charge in [0.15, 0.2) is 0 Å². The highest BCUT2D eigenvalue weighted by Gasteiger charge is 2.17. The molecule has 1 aromatic carbocycles. The Hall–Kier alpha value is -1.25. The summed E-state index contributed by atoms with van der Waals surface area (Å²) >= 11 is 1.64. The van der Waals surface area contributed by atoms with Gasteiger partial charge >= 0.3 is 5.97 Å². The number of nitrogens with two attached hydrogens (primary N) is 1. The van der Waals surface area contributed by atoms with Crippen LogP contribution < -0.4 is 10.0 Å². The molecule has 0 atom stereocenters. The number of rotatable bonds is 6. The van der Waals surface area contributed by atoms with Crippen LogP contribution in [0, 0.1) is 0 Å². The van der Waals surface area contributed by atoms with Gasteiger partial charge in [-0.1, -0.05) is 0 Å². The van der Waals surface area contributed by atoms with E-state index < -0.39 is 16.0 Å². The molecule has 0 aliphatic heterocycles. The first-order valence-electron chi connectivity index (χ1n) is 5.37. The topological polar surface area (TPSA) is 101 Å². The van der Waals surface area contributed by atoms with E-state index in [1.54, 1.807) is 23.7 Å². The van der Waals surface area contributed by atoms with Crippen molar-refractivity contribution in [3.63, 3.8) is 0 Å². The largest absolute Gasteiger partial charge is 0.478 e. The van der Waals surface area contributed by atoms with Crippen molar-refractivity contribution in [3.05, 3.63) is 23.8 Å². The van der Waals surface area contributed by atoms with Crippen molar-refractivity contribution in [3.8, 4) is 0 Å². The van der Waals surface area contributed by atoms with Gasteiger partial charge in [0.1, 0.15) is 0 Å². The van der Waals surface area contributed by atoms with Crippen LogP contribution in [-0.4, -0.2) is 45.1 Å². The van der Waals surface area contributed by atoms with Crippen LogP contribution in [-0.2, 0) is 10.0 Å².